The first-order valence-corrected chi connectivity index (χ1v) is 3.91. The maximum atomic E-state index is 2.35. The number of rotatable bonds is 0. The van der Waals surface area contributed by atoms with Crippen molar-refractivity contribution in [3.05, 3.63) is 21.8 Å². The molecular weight excluding hydrogens is 211 g/mol. The van der Waals surface area contributed by atoms with Gasteiger partial charge in [0.15, 0.2) is 0 Å². The first-order chi connectivity index (χ1) is 3.79. The first kappa shape index (κ1) is 6.33. The highest BCUT2D eigenvalue weighted by molar-refractivity contribution is 14.1. The second-order valence-corrected chi connectivity index (χ2v) is 3.41. The van der Waals surface area contributed by atoms with E-state index in [1.54, 1.807) is 0 Å². The van der Waals surface area contributed by atoms with Gasteiger partial charge in [-0.2, -0.15) is 0 Å². The zero-order valence-corrected chi connectivity index (χ0v) is 7.05. The van der Waals surface area contributed by atoms with Crippen molar-refractivity contribution >= 4 is 22.6 Å². The molecule has 1 atom stereocenters. The fourth-order valence-electron chi connectivity index (χ4n) is 0.791. The molecule has 0 aromatic carbocycles. The van der Waals surface area contributed by atoms with Gasteiger partial charge in [-0.1, -0.05) is 25.2 Å². The van der Waals surface area contributed by atoms with E-state index in [1.165, 1.54) is 10.0 Å². The topological polar surface area (TPSA) is 0 Å². The van der Waals surface area contributed by atoms with E-state index in [1.807, 2.05) is 0 Å². The molecule has 0 spiro atoms. The Kier molecular flexibility index (Phi) is 2.11. The molecule has 1 rings (SSSR count). The average Bonchev–Trinajstić information content (AvgIpc) is 1.64. The highest BCUT2D eigenvalue weighted by Gasteiger charge is 1.99. The second-order valence-electron chi connectivity index (χ2n) is 2.17. The highest BCUT2D eigenvalue weighted by atomic mass is 127. The molecule has 0 saturated heterocycles. The molecule has 0 heterocycles. The monoisotopic (exact) mass is 220 g/mol. The van der Waals surface area contributed by atoms with Crippen LogP contribution in [0.1, 0.15) is 13.3 Å². The summed E-state index contributed by atoms with van der Waals surface area (Å²) >= 11 is 2.35. The van der Waals surface area contributed by atoms with Crippen LogP contribution in [-0.4, -0.2) is 0 Å². The molecule has 0 bridgehead atoms. The Morgan fingerprint density at radius 3 is 2.88 bits per heavy atom. The quantitative estimate of drug-likeness (QED) is 0.550. The van der Waals surface area contributed by atoms with E-state index in [-0.39, 0.29) is 0 Å². The highest BCUT2D eigenvalue weighted by Crippen LogP contribution is 2.19. The first-order valence-electron chi connectivity index (χ1n) is 2.83. The molecular formula is C7H9I. The summed E-state index contributed by atoms with van der Waals surface area (Å²) in [7, 11) is 0. The standard InChI is InChI=1S/C7H9I/c1-6-3-2-4-7(8)5-6/h2,4-6H,3H2,1H3/t6-/m1/s1. The van der Waals surface area contributed by atoms with E-state index >= 15 is 0 Å². The molecule has 0 aliphatic heterocycles. The number of hydrogen-bond acceptors (Lipinski definition) is 0. The van der Waals surface area contributed by atoms with E-state index < -0.39 is 0 Å². The molecule has 0 amide bonds. The molecule has 0 aromatic rings. The van der Waals surface area contributed by atoms with Gasteiger partial charge in [0.2, 0.25) is 0 Å². The summed E-state index contributed by atoms with van der Waals surface area (Å²) in [5.41, 5.74) is 0. The van der Waals surface area contributed by atoms with Crippen molar-refractivity contribution in [3.63, 3.8) is 0 Å². The third kappa shape index (κ3) is 1.62. The predicted molar refractivity (Wildman–Crippen MR) is 45.0 cm³/mol. The van der Waals surface area contributed by atoms with Gasteiger partial charge in [0.05, 0.1) is 0 Å². The van der Waals surface area contributed by atoms with Crippen LogP contribution in [-0.2, 0) is 0 Å². The van der Waals surface area contributed by atoms with Gasteiger partial charge in [0.1, 0.15) is 0 Å². The van der Waals surface area contributed by atoms with Crippen LogP contribution in [0.15, 0.2) is 21.8 Å². The van der Waals surface area contributed by atoms with Gasteiger partial charge in [-0.15, -0.1) is 0 Å². The van der Waals surface area contributed by atoms with Crippen molar-refractivity contribution in [3.8, 4) is 0 Å². The van der Waals surface area contributed by atoms with Crippen molar-refractivity contribution in [1.29, 1.82) is 0 Å². The van der Waals surface area contributed by atoms with Crippen LogP contribution in [0.25, 0.3) is 0 Å². The smallest absolute Gasteiger partial charge is 0.00896 e. The molecule has 8 heavy (non-hydrogen) atoms. The third-order valence-corrected chi connectivity index (χ3v) is 1.95. The Hall–Kier alpha value is 0.210. The van der Waals surface area contributed by atoms with Gasteiger partial charge in [0.25, 0.3) is 0 Å². The van der Waals surface area contributed by atoms with E-state index in [2.05, 4.69) is 47.7 Å². The Bertz CT molecular complexity index is 133. The zero-order chi connectivity index (χ0) is 5.98. The van der Waals surface area contributed by atoms with E-state index in [0.717, 1.165) is 5.92 Å². The maximum Gasteiger partial charge on any atom is 0.00896 e. The lowest BCUT2D eigenvalue weighted by atomic mass is 10.0. The van der Waals surface area contributed by atoms with Crippen LogP contribution < -0.4 is 0 Å². The SMILES string of the molecule is C[C@H]1C=C(I)C=CC1. The Morgan fingerprint density at radius 1 is 1.75 bits per heavy atom. The molecule has 1 aliphatic carbocycles. The fraction of sp³-hybridized carbons (Fsp3) is 0.429. The van der Waals surface area contributed by atoms with Crippen LogP contribution in [0.5, 0.6) is 0 Å². The summed E-state index contributed by atoms with van der Waals surface area (Å²) in [5, 5.41) is 0. The molecule has 0 unspecified atom stereocenters. The van der Waals surface area contributed by atoms with Crippen LogP contribution >= 0.6 is 22.6 Å². The van der Waals surface area contributed by atoms with Crippen molar-refractivity contribution in [1.82, 2.24) is 0 Å². The lowest BCUT2D eigenvalue weighted by molar-refractivity contribution is 0.736. The minimum Gasteiger partial charge on any atom is -0.0829 e. The van der Waals surface area contributed by atoms with Gasteiger partial charge < -0.3 is 0 Å². The van der Waals surface area contributed by atoms with Crippen LogP contribution in [0.3, 0.4) is 0 Å². The molecule has 0 fully saturated rings. The van der Waals surface area contributed by atoms with Crippen molar-refractivity contribution in [2.45, 2.75) is 13.3 Å². The lowest BCUT2D eigenvalue weighted by Crippen LogP contribution is -1.90. The Morgan fingerprint density at radius 2 is 2.50 bits per heavy atom. The Labute approximate surface area is 63.8 Å². The molecule has 0 radical (unpaired) electrons. The van der Waals surface area contributed by atoms with Crippen molar-refractivity contribution in [2.24, 2.45) is 5.92 Å². The number of hydrogen-bond donors (Lipinski definition) is 0. The number of allylic oxidation sites excluding steroid dienone is 4. The molecule has 1 heteroatoms. The summed E-state index contributed by atoms with van der Waals surface area (Å²) < 4.78 is 1.38. The summed E-state index contributed by atoms with van der Waals surface area (Å²) in [5.74, 6) is 0.756. The van der Waals surface area contributed by atoms with E-state index in [9.17, 15) is 0 Å². The summed E-state index contributed by atoms with van der Waals surface area (Å²) in [6.07, 6.45) is 7.90. The molecule has 0 nitrogen and oxygen atoms in total. The maximum absolute atomic E-state index is 2.35. The minimum absolute atomic E-state index is 0.756. The van der Waals surface area contributed by atoms with Crippen molar-refractivity contribution < 1.29 is 0 Å². The normalized spacial score (nSPS) is 27.8. The molecule has 1 aliphatic rings. The zero-order valence-electron chi connectivity index (χ0n) is 4.89. The average molecular weight is 220 g/mol. The van der Waals surface area contributed by atoms with Crippen molar-refractivity contribution in [2.75, 3.05) is 0 Å². The predicted octanol–water partition coefficient (Wildman–Crippen LogP) is 2.90. The number of halogens is 1. The molecule has 0 aromatic heterocycles. The van der Waals surface area contributed by atoms with Gasteiger partial charge in [-0.25, -0.2) is 0 Å². The van der Waals surface area contributed by atoms with Gasteiger partial charge in [-0.05, 0) is 34.9 Å². The lowest BCUT2D eigenvalue weighted by Gasteiger charge is -2.06. The molecule has 0 saturated carbocycles. The van der Waals surface area contributed by atoms with E-state index in [0.29, 0.717) is 0 Å². The summed E-state index contributed by atoms with van der Waals surface area (Å²) in [6, 6.07) is 0. The fourth-order valence-corrected chi connectivity index (χ4v) is 1.66. The van der Waals surface area contributed by atoms with Gasteiger partial charge in [-0.3, -0.25) is 0 Å². The third-order valence-electron chi connectivity index (χ3n) is 1.23. The summed E-state index contributed by atoms with van der Waals surface area (Å²) in [4.78, 5) is 0. The largest absolute Gasteiger partial charge is 0.0829 e. The van der Waals surface area contributed by atoms with Crippen LogP contribution in [0, 0.1) is 5.92 Å². The van der Waals surface area contributed by atoms with Gasteiger partial charge >= 0.3 is 0 Å². The van der Waals surface area contributed by atoms with Crippen LogP contribution in [0.4, 0.5) is 0 Å². The minimum atomic E-state index is 0.756. The van der Waals surface area contributed by atoms with Crippen LogP contribution in [0.2, 0.25) is 0 Å². The Balaban J connectivity index is 2.63. The molecule has 44 valence electrons. The van der Waals surface area contributed by atoms with E-state index in [4.69, 9.17) is 0 Å². The second kappa shape index (κ2) is 2.67. The van der Waals surface area contributed by atoms with Gasteiger partial charge in [0, 0.05) is 3.58 Å². The summed E-state index contributed by atoms with van der Waals surface area (Å²) in [6.45, 7) is 2.24. The molecule has 0 N–H and O–H groups in total.